The van der Waals surface area contributed by atoms with Crippen LogP contribution in [-0.4, -0.2) is 77.9 Å². The zero-order chi connectivity index (χ0) is 23.3. The monoisotopic (exact) mass is 463 g/mol. The SMILES string of the molecule is O=C(c1coc(CN2CCN(Cc3ccc(F)cc3)CC2)n1)N1CCN(c2ccccc2)CC1. The maximum absolute atomic E-state index is 13.1. The summed E-state index contributed by atoms with van der Waals surface area (Å²) in [5, 5.41) is 0. The predicted octanol–water partition coefficient (Wildman–Crippen LogP) is 3.09. The van der Waals surface area contributed by atoms with Crippen LogP contribution < -0.4 is 4.90 Å². The van der Waals surface area contributed by atoms with Crippen LogP contribution in [0.25, 0.3) is 0 Å². The van der Waals surface area contributed by atoms with Gasteiger partial charge in [-0.2, -0.15) is 0 Å². The van der Waals surface area contributed by atoms with Crippen molar-refractivity contribution >= 4 is 11.6 Å². The fraction of sp³-hybridized carbons (Fsp3) is 0.385. The largest absolute Gasteiger partial charge is 0.447 e. The summed E-state index contributed by atoms with van der Waals surface area (Å²) >= 11 is 0. The number of anilines is 1. The van der Waals surface area contributed by atoms with Gasteiger partial charge < -0.3 is 14.2 Å². The van der Waals surface area contributed by atoms with Crippen molar-refractivity contribution in [1.82, 2.24) is 19.7 Å². The Balaban J connectivity index is 1.08. The molecule has 3 heterocycles. The fourth-order valence-corrected chi connectivity index (χ4v) is 4.60. The number of rotatable bonds is 6. The van der Waals surface area contributed by atoms with E-state index in [0.29, 0.717) is 31.2 Å². The summed E-state index contributed by atoms with van der Waals surface area (Å²) in [5.74, 6) is 0.317. The van der Waals surface area contributed by atoms with Crippen molar-refractivity contribution in [3.05, 3.63) is 83.8 Å². The summed E-state index contributed by atoms with van der Waals surface area (Å²) in [6, 6.07) is 17.0. The first-order valence-corrected chi connectivity index (χ1v) is 11.9. The van der Waals surface area contributed by atoms with Crippen LogP contribution in [0.2, 0.25) is 0 Å². The third-order valence-corrected chi connectivity index (χ3v) is 6.60. The van der Waals surface area contributed by atoms with Crippen molar-refractivity contribution in [3.63, 3.8) is 0 Å². The smallest absolute Gasteiger partial charge is 0.275 e. The Kier molecular flexibility index (Phi) is 6.87. The number of halogens is 1. The Labute approximate surface area is 199 Å². The number of aromatic nitrogens is 1. The van der Waals surface area contributed by atoms with Gasteiger partial charge in [0.2, 0.25) is 5.89 Å². The predicted molar refractivity (Wildman–Crippen MR) is 128 cm³/mol. The second kappa shape index (κ2) is 10.4. The highest BCUT2D eigenvalue weighted by Crippen LogP contribution is 2.17. The maximum Gasteiger partial charge on any atom is 0.275 e. The number of amides is 1. The molecule has 2 aliphatic rings. The molecular weight excluding hydrogens is 433 g/mol. The highest BCUT2D eigenvalue weighted by atomic mass is 19.1. The van der Waals surface area contributed by atoms with Gasteiger partial charge in [-0.1, -0.05) is 30.3 Å². The van der Waals surface area contributed by atoms with Crippen LogP contribution >= 0.6 is 0 Å². The van der Waals surface area contributed by atoms with Crippen LogP contribution in [0, 0.1) is 5.82 Å². The van der Waals surface area contributed by atoms with Crippen LogP contribution in [0.1, 0.15) is 21.9 Å². The Hall–Kier alpha value is -3.23. The van der Waals surface area contributed by atoms with E-state index in [9.17, 15) is 9.18 Å². The average Bonchev–Trinajstić information content (AvgIpc) is 3.35. The lowest BCUT2D eigenvalue weighted by Crippen LogP contribution is -2.48. The van der Waals surface area contributed by atoms with Gasteiger partial charge >= 0.3 is 0 Å². The number of nitrogens with zero attached hydrogens (tertiary/aromatic N) is 5. The first-order chi connectivity index (χ1) is 16.6. The summed E-state index contributed by atoms with van der Waals surface area (Å²) in [6.07, 6.45) is 1.49. The van der Waals surface area contributed by atoms with Crippen molar-refractivity contribution in [3.8, 4) is 0 Å². The van der Waals surface area contributed by atoms with Crippen molar-refractivity contribution in [2.75, 3.05) is 57.3 Å². The third kappa shape index (κ3) is 5.46. The van der Waals surface area contributed by atoms with Crippen LogP contribution in [0.4, 0.5) is 10.1 Å². The molecule has 2 saturated heterocycles. The minimum absolute atomic E-state index is 0.0631. The number of benzene rings is 2. The van der Waals surface area contributed by atoms with E-state index in [-0.39, 0.29) is 11.7 Å². The van der Waals surface area contributed by atoms with E-state index >= 15 is 0 Å². The Morgan fingerprint density at radius 3 is 2.15 bits per heavy atom. The number of hydrogen-bond acceptors (Lipinski definition) is 6. The number of carbonyl (C=O) groups is 1. The Bertz CT molecular complexity index is 1070. The molecule has 0 aliphatic carbocycles. The lowest BCUT2D eigenvalue weighted by atomic mass is 10.2. The number of para-hydroxylation sites is 1. The van der Waals surface area contributed by atoms with Gasteiger partial charge in [-0.05, 0) is 29.8 Å². The molecule has 0 saturated carbocycles. The molecule has 2 aliphatic heterocycles. The molecule has 34 heavy (non-hydrogen) atoms. The van der Waals surface area contributed by atoms with Crippen molar-refractivity contribution in [1.29, 1.82) is 0 Å². The number of oxazole rings is 1. The minimum Gasteiger partial charge on any atom is -0.447 e. The van der Waals surface area contributed by atoms with Gasteiger partial charge in [0.1, 0.15) is 12.1 Å². The van der Waals surface area contributed by atoms with Crippen LogP contribution in [0.3, 0.4) is 0 Å². The second-order valence-corrected chi connectivity index (χ2v) is 8.92. The zero-order valence-corrected chi connectivity index (χ0v) is 19.3. The van der Waals surface area contributed by atoms with Crippen LogP contribution in [-0.2, 0) is 13.1 Å². The van der Waals surface area contributed by atoms with Gasteiger partial charge in [0.15, 0.2) is 5.69 Å². The van der Waals surface area contributed by atoms with Gasteiger partial charge in [-0.15, -0.1) is 0 Å². The van der Waals surface area contributed by atoms with E-state index in [1.807, 2.05) is 35.2 Å². The molecule has 2 fully saturated rings. The summed E-state index contributed by atoms with van der Waals surface area (Å²) in [6.45, 7) is 8.03. The van der Waals surface area contributed by atoms with Crippen molar-refractivity contribution < 1.29 is 13.6 Å². The van der Waals surface area contributed by atoms with E-state index in [4.69, 9.17) is 4.42 Å². The van der Waals surface area contributed by atoms with Crippen LogP contribution in [0.5, 0.6) is 0 Å². The second-order valence-electron chi connectivity index (χ2n) is 8.92. The van der Waals surface area contributed by atoms with Gasteiger partial charge in [0.05, 0.1) is 6.54 Å². The third-order valence-electron chi connectivity index (χ3n) is 6.60. The molecule has 7 nitrogen and oxygen atoms in total. The molecule has 0 atom stereocenters. The molecule has 0 unspecified atom stereocenters. The normalized spacial score (nSPS) is 17.8. The lowest BCUT2D eigenvalue weighted by molar-refractivity contribution is 0.0740. The molecule has 0 N–H and O–H groups in total. The quantitative estimate of drug-likeness (QED) is 0.560. The Morgan fingerprint density at radius 2 is 1.47 bits per heavy atom. The highest BCUT2D eigenvalue weighted by molar-refractivity contribution is 5.92. The van der Waals surface area contributed by atoms with Gasteiger partial charge in [-0.3, -0.25) is 14.6 Å². The van der Waals surface area contributed by atoms with Crippen molar-refractivity contribution in [2.45, 2.75) is 13.1 Å². The standard InChI is InChI=1S/C26H30FN5O2/c27-22-8-6-21(7-9-22)18-29-10-12-30(13-11-29)19-25-28-24(20-34-25)26(33)32-16-14-31(15-17-32)23-4-2-1-3-5-23/h1-9,20H,10-19H2. The molecule has 8 heteroatoms. The average molecular weight is 464 g/mol. The maximum atomic E-state index is 13.1. The van der Waals surface area contributed by atoms with Gasteiger partial charge in [0.25, 0.3) is 5.91 Å². The molecule has 178 valence electrons. The van der Waals surface area contributed by atoms with Crippen molar-refractivity contribution in [2.24, 2.45) is 0 Å². The van der Waals surface area contributed by atoms with Crippen LogP contribution in [0.15, 0.2) is 65.3 Å². The van der Waals surface area contributed by atoms with E-state index in [1.165, 1.54) is 24.1 Å². The van der Waals surface area contributed by atoms with Gasteiger partial charge in [-0.25, -0.2) is 9.37 Å². The van der Waals surface area contributed by atoms with E-state index in [2.05, 4.69) is 31.8 Å². The minimum atomic E-state index is -0.202. The Morgan fingerprint density at radius 1 is 0.824 bits per heavy atom. The van der Waals surface area contributed by atoms with E-state index in [1.54, 1.807) is 0 Å². The van der Waals surface area contributed by atoms with Gasteiger partial charge in [0, 0.05) is 64.6 Å². The summed E-state index contributed by atoms with van der Waals surface area (Å²) < 4.78 is 18.7. The molecule has 2 aromatic carbocycles. The number of hydrogen-bond donors (Lipinski definition) is 0. The molecule has 5 rings (SSSR count). The molecule has 1 aromatic heterocycles. The molecular formula is C26H30FN5O2. The molecule has 1 amide bonds. The number of piperazine rings is 2. The molecule has 0 bridgehead atoms. The zero-order valence-electron chi connectivity index (χ0n) is 19.3. The summed E-state index contributed by atoms with van der Waals surface area (Å²) in [4.78, 5) is 26.2. The molecule has 0 radical (unpaired) electrons. The van der Waals surface area contributed by atoms with E-state index < -0.39 is 0 Å². The summed E-state index contributed by atoms with van der Waals surface area (Å²) in [7, 11) is 0. The first kappa shape index (κ1) is 22.6. The van der Waals surface area contributed by atoms with E-state index in [0.717, 1.165) is 51.4 Å². The highest BCUT2D eigenvalue weighted by Gasteiger charge is 2.25. The number of carbonyl (C=O) groups excluding carboxylic acids is 1. The topological polar surface area (TPSA) is 56.1 Å². The first-order valence-electron chi connectivity index (χ1n) is 11.9. The molecule has 3 aromatic rings. The molecule has 0 spiro atoms. The fourth-order valence-electron chi connectivity index (χ4n) is 4.60. The summed E-state index contributed by atoms with van der Waals surface area (Å²) in [5.41, 5.74) is 2.70. The lowest BCUT2D eigenvalue weighted by Gasteiger charge is -2.35.